The van der Waals surface area contributed by atoms with Gasteiger partial charge >= 0.3 is 5.97 Å². The Morgan fingerprint density at radius 2 is 1.71 bits per heavy atom. The molecule has 6 rings (SSSR count). The second-order valence-electron chi connectivity index (χ2n) is 10.3. The van der Waals surface area contributed by atoms with Gasteiger partial charge in [-0.25, -0.2) is 4.90 Å². The van der Waals surface area contributed by atoms with Gasteiger partial charge in [0.2, 0.25) is 11.8 Å². The fraction of sp³-hybridized carbons (Fsp3) is 0.233. The minimum atomic E-state index is -1.79. The number of rotatable bonds is 5. The Morgan fingerprint density at radius 3 is 2.45 bits per heavy atom. The molecule has 2 saturated heterocycles. The van der Waals surface area contributed by atoms with Gasteiger partial charge in [0.1, 0.15) is 11.3 Å². The number of aryl methyl sites for hydroxylation is 2. The summed E-state index contributed by atoms with van der Waals surface area (Å²) in [7, 11) is 0. The van der Waals surface area contributed by atoms with Crippen LogP contribution < -0.4 is 10.2 Å². The monoisotopic (exact) mass is 509 g/mol. The van der Waals surface area contributed by atoms with Crippen LogP contribution in [0.25, 0.3) is 10.9 Å². The van der Waals surface area contributed by atoms with Crippen molar-refractivity contribution in [2.45, 2.75) is 31.8 Å². The number of H-pyrrole nitrogens is 1. The summed E-state index contributed by atoms with van der Waals surface area (Å²) in [5.74, 6) is -4.53. The first kappa shape index (κ1) is 23.9. The molecule has 4 atom stereocenters. The van der Waals surface area contributed by atoms with Gasteiger partial charge in [0.15, 0.2) is 0 Å². The van der Waals surface area contributed by atoms with Crippen molar-refractivity contribution < 1.29 is 24.6 Å². The predicted octanol–water partition coefficient (Wildman–Crippen LogP) is 4.01. The summed E-state index contributed by atoms with van der Waals surface area (Å²) in [6.45, 7) is 3.84. The summed E-state index contributed by atoms with van der Waals surface area (Å²) in [5.41, 5.74) is 2.51. The van der Waals surface area contributed by atoms with Crippen molar-refractivity contribution >= 4 is 34.4 Å². The van der Waals surface area contributed by atoms with Crippen LogP contribution in [-0.2, 0) is 20.8 Å². The molecule has 0 spiro atoms. The van der Waals surface area contributed by atoms with E-state index in [0.29, 0.717) is 11.3 Å². The van der Waals surface area contributed by atoms with Crippen molar-refractivity contribution in [3.05, 3.63) is 95.2 Å². The molecule has 0 unspecified atom stereocenters. The maximum Gasteiger partial charge on any atom is 0.325 e. The zero-order valence-electron chi connectivity index (χ0n) is 20.9. The molecule has 4 N–H and O–H groups in total. The van der Waals surface area contributed by atoms with Crippen molar-refractivity contribution in [3.8, 4) is 5.75 Å². The van der Waals surface area contributed by atoms with E-state index in [1.807, 2.05) is 44.2 Å². The van der Waals surface area contributed by atoms with Gasteiger partial charge in [-0.1, -0.05) is 42.5 Å². The van der Waals surface area contributed by atoms with Crippen LogP contribution in [0.2, 0.25) is 0 Å². The number of phenols is 1. The van der Waals surface area contributed by atoms with Crippen LogP contribution in [0.5, 0.6) is 5.75 Å². The first-order valence-electron chi connectivity index (χ1n) is 12.5. The van der Waals surface area contributed by atoms with Crippen LogP contribution >= 0.6 is 0 Å². The number of hydrogen-bond acceptors (Lipinski definition) is 5. The second-order valence-corrected chi connectivity index (χ2v) is 10.3. The Labute approximate surface area is 218 Å². The molecule has 2 fully saturated rings. The van der Waals surface area contributed by atoms with E-state index >= 15 is 0 Å². The summed E-state index contributed by atoms with van der Waals surface area (Å²) in [4.78, 5) is 45.6. The molecule has 8 nitrogen and oxygen atoms in total. The van der Waals surface area contributed by atoms with Gasteiger partial charge in [-0.2, -0.15) is 0 Å². The quantitative estimate of drug-likeness (QED) is 0.302. The minimum Gasteiger partial charge on any atom is -0.508 e. The Bertz CT molecular complexity index is 1630. The number of amides is 2. The molecule has 1 aromatic heterocycles. The first-order chi connectivity index (χ1) is 18.2. The van der Waals surface area contributed by atoms with E-state index in [0.717, 1.165) is 32.5 Å². The summed E-state index contributed by atoms with van der Waals surface area (Å²) in [5, 5.41) is 25.5. The minimum absolute atomic E-state index is 0.0304. The van der Waals surface area contributed by atoms with E-state index in [9.17, 15) is 24.6 Å². The third-order valence-electron chi connectivity index (χ3n) is 8.20. The van der Waals surface area contributed by atoms with E-state index in [4.69, 9.17) is 0 Å². The molecule has 0 radical (unpaired) electrons. The number of carboxylic acids is 1. The van der Waals surface area contributed by atoms with E-state index < -0.39 is 41.2 Å². The Kier molecular flexibility index (Phi) is 5.39. The lowest BCUT2D eigenvalue weighted by Crippen LogP contribution is -2.57. The van der Waals surface area contributed by atoms with Gasteiger partial charge in [0.25, 0.3) is 0 Å². The largest absolute Gasteiger partial charge is 0.508 e. The van der Waals surface area contributed by atoms with Crippen LogP contribution in [0.3, 0.4) is 0 Å². The smallest absolute Gasteiger partial charge is 0.325 e. The number of aromatic hydroxyl groups is 1. The molecule has 0 saturated carbocycles. The average molecular weight is 510 g/mol. The fourth-order valence-electron chi connectivity index (χ4n) is 6.15. The number of aromatic nitrogens is 1. The summed E-state index contributed by atoms with van der Waals surface area (Å²) >= 11 is 0. The number of imide groups is 1. The highest BCUT2D eigenvalue weighted by Gasteiger charge is 2.69. The van der Waals surface area contributed by atoms with Crippen LogP contribution in [0.1, 0.15) is 28.3 Å². The lowest BCUT2D eigenvalue weighted by molar-refractivity contribution is -0.148. The maximum absolute atomic E-state index is 14.1. The molecule has 3 heterocycles. The van der Waals surface area contributed by atoms with Crippen LogP contribution in [0, 0.1) is 25.7 Å². The van der Waals surface area contributed by atoms with E-state index in [-0.39, 0.29) is 12.2 Å². The number of aliphatic carboxylic acids is 1. The number of phenolic OH excluding ortho intramolecular Hbond substituents is 1. The molecule has 8 heteroatoms. The molecular weight excluding hydrogens is 482 g/mol. The zero-order valence-corrected chi connectivity index (χ0v) is 20.9. The Balaban J connectivity index is 1.53. The molecule has 38 heavy (non-hydrogen) atoms. The third-order valence-corrected chi connectivity index (χ3v) is 8.20. The normalized spacial score (nSPS) is 24.8. The highest BCUT2D eigenvalue weighted by atomic mass is 16.4. The number of anilines is 1. The average Bonchev–Trinajstić information content (AvgIpc) is 3.54. The number of nitrogens with one attached hydrogen (secondary N) is 2. The summed E-state index contributed by atoms with van der Waals surface area (Å²) in [6.07, 6.45) is 1.72. The maximum atomic E-state index is 14.1. The van der Waals surface area contributed by atoms with Gasteiger partial charge < -0.3 is 15.2 Å². The SMILES string of the molecule is Cc1ccc(N2C(=O)[C@@H]3[C@@H](c4ccccc4O)N[C@](Cc4c[nH]c5ccccc45)(C(=O)O)[C@H]3C2=O)cc1C. The van der Waals surface area contributed by atoms with Crippen molar-refractivity contribution in [1.29, 1.82) is 0 Å². The number of nitrogens with zero attached hydrogens (tertiary/aromatic N) is 1. The molecular formula is C30H27N3O5. The molecule has 3 aromatic carbocycles. The van der Waals surface area contributed by atoms with Gasteiger partial charge in [0.05, 0.1) is 17.5 Å². The van der Waals surface area contributed by atoms with E-state index in [1.165, 1.54) is 6.07 Å². The topological polar surface area (TPSA) is 123 Å². The molecule has 0 aliphatic carbocycles. The highest BCUT2D eigenvalue weighted by molar-refractivity contribution is 6.24. The Hall–Kier alpha value is -4.43. The zero-order chi connectivity index (χ0) is 26.8. The molecule has 2 aliphatic heterocycles. The predicted molar refractivity (Wildman–Crippen MR) is 142 cm³/mol. The third kappa shape index (κ3) is 3.37. The van der Waals surface area contributed by atoms with Gasteiger partial charge in [-0.15, -0.1) is 0 Å². The van der Waals surface area contributed by atoms with Crippen molar-refractivity contribution in [1.82, 2.24) is 10.3 Å². The number of para-hydroxylation sites is 2. The lowest BCUT2D eigenvalue weighted by Gasteiger charge is -2.31. The molecule has 0 bridgehead atoms. The van der Waals surface area contributed by atoms with Gasteiger partial charge in [-0.05, 0) is 54.8 Å². The van der Waals surface area contributed by atoms with Crippen molar-refractivity contribution in [2.75, 3.05) is 4.90 Å². The van der Waals surface area contributed by atoms with Crippen molar-refractivity contribution in [3.63, 3.8) is 0 Å². The second kappa shape index (κ2) is 8.56. The lowest BCUT2D eigenvalue weighted by atomic mass is 9.76. The number of benzene rings is 3. The van der Waals surface area contributed by atoms with Crippen molar-refractivity contribution in [2.24, 2.45) is 11.8 Å². The standard InChI is InChI=1S/C30H27N3O5/c1-16-11-12-19(13-17(16)2)33-27(35)24-25(28(33)36)30(29(37)38,32-26(24)21-8-4-6-10-23(21)34)14-18-15-31-22-9-5-3-7-20(18)22/h3-13,15,24-26,31-32,34H,14H2,1-2H3,(H,37,38)/t24-,25+,26+,30-/m0/s1. The molecule has 4 aromatic rings. The van der Waals surface area contributed by atoms with Crippen LogP contribution in [0.15, 0.2) is 72.9 Å². The van der Waals surface area contributed by atoms with Crippen LogP contribution in [0.4, 0.5) is 5.69 Å². The van der Waals surface area contributed by atoms with E-state index in [2.05, 4.69) is 10.3 Å². The fourth-order valence-corrected chi connectivity index (χ4v) is 6.15. The van der Waals surface area contributed by atoms with E-state index in [1.54, 1.807) is 36.5 Å². The molecule has 2 amide bonds. The number of aromatic amines is 1. The number of hydrogen-bond donors (Lipinski definition) is 4. The number of carbonyl (C=O) groups excluding carboxylic acids is 2. The number of carboxylic acid groups (broad SMARTS) is 1. The van der Waals surface area contributed by atoms with Gasteiger partial charge in [0, 0.05) is 35.1 Å². The number of fused-ring (bicyclic) bond motifs is 2. The number of carbonyl (C=O) groups is 3. The van der Waals surface area contributed by atoms with Crippen LogP contribution in [-0.4, -0.2) is 38.5 Å². The highest BCUT2D eigenvalue weighted by Crippen LogP contribution is 2.52. The summed E-state index contributed by atoms with van der Waals surface area (Å²) in [6, 6.07) is 18.5. The first-order valence-corrected chi connectivity index (χ1v) is 12.5. The molecule has 192 valence electrons. The Morgan fingerprint density at radius 1 is 0.974 bits per heavy atom. The van der Waals surface area contributed by atoms with Gasteiger partial charge in [-0.3, -0.25) is 19.7 Å². The molecule has 2 aliphatic rings. The summed E-state index contributed by atoms with van der Waals surface area (Å²) < 4.78 is 0.